The van der Waals surface area contributed by atoms with Gasteiger partial charge in [0.1, 0.15) is 0 Å². The van der Waals surface area contributed by atoms with E-state index in [1.165, 1.54) is 11.3 Å². The van der Waals surface area contributed by atoms with Gasteiger partial charge in [0.2, 0.25) is 5.82 Å². The Balaban J connectivity index is 1.36. The van der Waals surface area contributed by atoms with Gasteiger partial charge in [-0.3, -0.25) is 4.79 Å². The monoisotopic (exact) mass is 405 g/mol. The van der Waals surface area contributed by atoms with Gasteiger partial charge in [0.05, 0.1) is 4.88 Å². The zero-order valence-electron chi connectivity index (χ0n) is 14.2. The largest absolute Gasteiger partial charge is 0.454 e. The summed E-state index contributed by atoms with van der Waals surface area (Å²) in [6, 6.07) is 11.1. The van der Waals surface area contributed by atoms with Crippen LogP contribution in [0.1, 0.15) is 5.56 Å². The summed E-state index contributed by atoms with van der Waals surface area (Å²) in [5.74, 6) is -0.543. The molecule has 0 saturated heterocycles. The van der Waals surface area contributed by atoms with Gasteiger partial charge in [-0.15, -0.1) is 21.5 Å². The van der Waals surface area contributed by atoms with E-state index in [0.717, 1.165) is 15.2 Å². The molecular weight excluding hydrogens is 390 g/mol. The van der Waals surface area contributed by atoms with Gasteiger partial charge < -0.3 is 10.1 Å². The van der Waals surface area contributed by atoms with Crippen molar-refractivity contribution in [2.45, 2.75) is 13.0 Å². The first-order chi connectivity index (χ1) is 13.1. The lowest BCUT2D eigenvalue weighted by Crippen LogP contribution is -2.31. The third-order valence-electron chi connectivity index (χ3n) is 3.48. The van der Waals surface area contributed by atoms with Gasteiger partial charge in [0.15, 0.2) is 13.2 Å². The summed E-state index contributed by atoms with van der Waals surface area (Å²) in [7, 11) is 0. The van der Waals surface area contributed by atoms with Gasteiger partial charge in [-0.25, -0.2) is 4.79 Å². The maximum atomic E-state index is 11.8. The van der Waals surface area contributed by atoms with Crippen LogP contribution >= 0.6 is 22.9 Å². The van der Waals surface area contributed by atoms with Gasteiger partial charge in [-0.1, -0.05) is 29.8 Å². The van der Waals surface area contributed by atoms with Crippen molar-refractivity contribution in [2.75, 3.05) is 13.2 Å². The maximum Gasteiger partial charge on any atom is 0.330 e. The van der Waals surface area contributed by atoms with Gasteiger partial charge in [-0.2, -0.15) is 4.80 Å². The molecule has 1 amide bonds. The average Bonchev–Trinajstić information content (AvgIpc) is 3.33. The summed E-state index contributed by atoms with van der Waals surface area (Å²) >= 11 is 7.30. The van der Waals surface area contributed by atoms with E-state index in [-0.39, 0.29) is 19.1 Å². The fourth-order valence-electron chi connectivity index (χ4n) is 2.17. The number of amides is 1. The highest BCUT2D eigenvalue weighted by atomic mass is 35.5. The van der Waals surface area contributed by atoms with E-state index >= 15 is 0 Å². The van der Waals surface area contributed by atoms with E-state index < -0.39 is 5.97 Å². The first-order valence-corrected chi connectivity index (χ1v) is 9.34. The lowest BCUT2D eigenvalue weighted by molar-refractivity contribution is -0.149. The van der Waals surface area contributed by atoms with Crippen LogP contribution in [0.5, 0.6) is 0 Å². The molecule has 1 N–H and O–H groups in total. The Morgan fingerprint density at radius 2 is 2.04 bits per heavy atom. The van der Waals surface area contributed by atoms with Crippen LogP contribution in [0.2, 0.25) is 5.02 Å². The molecule has 27 heavy (non-hydrogen) atoms. The molecule has 1 aromatic carbocycles. The predicted molar refractivity (Wildman–Crippen MR) is 100 cm³/mol. The molecule has 0 aliphatic rings. The molecule has 0 bridgehead atoms. The van der Waals surface area contributed by atoms with E-state index in [9.17, 15) is 9.59 Å². The van der Waals surface area contributed by atoms with Crippen molar-refractivity contribution in [1.82, 2.24) is 25.5 Å². The van der Waals surface area contributed by atoms with Gasteiger partial charge in [-0.05, 0) is 40.8 Å². The third-order valence-corrected chi connectivity index (χ3v) is 4.60. The zero-order chi connectivity index (χ0) is 19.1. The molecule has 8 nitrogen and oxygen atoms in total. The third kappa shape index (κ3) is 5.87. The van der Waals surface area contributed by atoms with Crippen LogP contribution in [0.4, 0.5) is 0 Å². The second kappa shape index (κ2) is 9.24. The molecule has 0 aliphatic carbocycles. The Labute approximate surface area is 164 Å². The zero-order valence-corrected chi connectivity index (χ0v) is 15.7. The fourth-order valence-corrected chi connectivity index (χ4v) is 2.94. The first kappa shape index (κ1) is 19.0. The van der Waals surface area contributed by atoms with Gasteiger partial charge >= 0.3 is 5.97 Å². The number of carbonyl (C=O) groups excluding carboxylic acids is 2. The van der Waals surface area contributed by atoms with Crippen LogP contribution < -0.4 is 5.32 Å². The average molecular weight is 406 g/mol. The normalized spacial score (nSPS) is 10.6. The molecule has 3 rings (SSSR count). The number of rotatable bonds is 8. The Kier molecular flexibility index (Phi) is 6.50. The predicted octanol–water partition coefficient (Wildman–Crippen LogP) is 1.96. The molecule has 0 saturated carbocycles. The number of esters is 1. The number of benzene rings is 1. The molecule has 0 radical (unpaired) electrons. The van der Waals surface area contributed by atoms with E-state index in [1.54, 1.807) is 12.1 Å². The summed E-state index contributed by atoms with van der Waals surface area (Å²) in [6.45, 7) is -0.130. The van der Waals surface area contributed by atoms with E-state index in [1.807, 2.05) is 29.6 Å². The van der Waals surface area contributed by atoms with E-state index in [0.29, 0.717) is 23.8 Å². The first-order valence-electron chi connectivity index (χ1n) is 8.08. The molecule has 10 heteroatoms. The van der Waals surface area contributed by atoms with Gasteiger partial charge in [0, 0.05) is 11.6 Å². The number of thiophene rings is 1. The number of ether oxygens (including phenoxy) is 1. The quantitative estimate of drug-likeness (QED) is 0.575. The molecule has 3 aromatic rings. The van der Waals surface area contributed by atoms with Crippen LogP contribution in [0.3, 0.4) is 0 Å². The van der Waals surface area contributed by atoms with Crippen LogP contribution in [0, 0.1) is 0 Å². The minimum Gasteiger partial charge on any atom is -0.454 e. The Hall–Kier alpha value is -2.78. The second-order valence-electron chi connectivity index (χ2n) is 5.51. The Morgan fingerprint density at radius 3 is 2.78 bits per heavy atom. The number of nitrogens with zero attached hydrogens (tertiary/aromatic N) is 4. The van der Waals surface area contributed by atoms with Crippen LogP contribution in [0.15, 0.2) is 41.8 Å². The highest BCUT2D eigenvalue weighted by Gasteiger charge is 2.12. The Bertz CT molecular complexity index is 896. The number of tetrazole rings is 1. The molecule has 140 valence electrons. The lowest BCUT2D eigenvalue weighted by Gasteiger charge is -2.06. The summed E-state index contributed by atoms with van der Waals surface area (Å²) in [6.07, 6.45) is 0.658. The molecule has 2 heterocycles. The molecule has 0 atom stereocenters. The number of carbonyl (C=O) groups is 2. The van der Waals surface area contributed by atoms with Crippen molar-refractivity contribution in [3.63, 3.8) is 0 Å². The SMILES string of the molecule is O=C(COC(=O)Cn1nnc(-c2cccs2)n1)NCCc1ccc(Cl)cc1. The summed E-state index contributed by atoms with van der Waals surface area (Å²) in [5.41, 5.74) is 1.05. The minimum atomic E-state index is -0.613. The standard InChI is InChI=1S/C17H16ClN5O3S/c18-13-5-3-12(4-6-13)7-8-19-15(24)11-26-16(25)10-23-21-17(20-22-23)14-2-1-9-27-14/h1-6,9H,7-8,10-11H2,(H,19,24). The summed E-state index contributed by atoms with van der Waals surface area (Å²) in [4.78, 5) is 25.5. The molecule has 0 aliphatic heterocycles. The fraction of sp³-hybridized carbons (Fsp3) is 0.235. The van der Waals surface area contributed by atoms with Crippen LogP contribution in [-0.2, 0) is 27.3 Å². The lowest BCUT2D eigenvalue weighted by atomic mass is 10.1. The van der Waals surface area contributed by atoms with E-state index in [4.69, 9.17) is 16.3 Å². The summed E-state index contributed by atoms with van der Waals surface area (Å²) < 4.78 is 4.93. The molecular formula is C17H16ClN5O3S. The van der Waals surface area contributed by atoms with Crippen LogP contribution in [0.25, 0.3) is 10.7 Å². The Morgan fingerprint density at radius 1 is 1.22 bits per heavy atom. The van der Waals surface area contributed by atoms with Crippen LogP contribution in [-0.4, -0.2) is 45.2 Å². The van der Waals surface area contributed by atoms with Crippen molar-refractivity contribution in [3.8, 4) is 10.7 Å². The highest BCUT2D eigenvalue weighted by molar-refractivity contribution is 7.13. The van der Waals surface area contributed by atoms with Crippen molar-refractivity contribution in [3.05, 3.63) is 52.4 Å². The number of nitrogens with one attached hydrogen (secondary N) is 1. The summed E-state index contributed by atoms with van der Waals surface area (Å²) in [5, 5.41) is 17.0. The molecule has 0 fully saturated rings. The van der Waals surface area contributed by atoms with Crippen molar-refractivity contribution in [1.29, 1.82) is 0 Å². The van der Waals surface area contributed by atoms with Gasteiger partial charge in [0.25, 0.3) is 5.91 Å². The maximum absolute atomic E-state index is 11.8. The minimum absolute atomic E-state index is 0.212. The number of hydrogen-bond donors (Lipinski definition) is 1. The van der Waals surface area contributed by atoms with Crippen molar-refractivity contribution in [2.24, 2.45) is 0 Å². The number of halogens is 1. The van der Waals surface area contributed by atoms with E-state index in [2.05, 4.69) is 20.7 Å². The smallest absolute Gasteiger partial charge is 0.330 e. The second-order valence-corrected chi connectivity index (χ2v) is 6.89. The topological polar surface area (TPSA) is 99.0 Å². The highest BCUT2D eigenvalue weighted by Crippen LogP contribution is 2.19. The number of hydrogen-bond acceptors (Lipinski definition) is 7. The van der Waals surface area contributed by atoms with Crippen molar-refractivity contribution >= 4 is 34.8 Å². The molecule has 0 spiro atoms. The number of aromatic nitrogens is 4. The molecule has 0 unspecified atom stereocenters. The molecule has 2 aromatic heterocycles. The van der Waals surface area contributed by atoms with Crippen molar-refractivity contribution < 1.29 is 14.3 Å².